The molecule has 0 saturated carbocycles. The first-order chi connectivity index (χ1) is 10.0. The molecule has 1 aromatic heterocycles. The van der Waals surface area contributed by atoms with Gasteiger partial charge in [-0.3, -0.25) is 4.79 Å². The summed E-state index contributed by atoms with van der Waals surface area (Å²) in [5, 5.41) is 7.78. The van der Waals surface area contributed by atoms with Gasteiger partial charge in [0.1, 0.15) is 5.82 Å². The normalized spacial score (nSPS) is 18.5. The molecule has 1 aliphatic heterocycles. The van der Waals surface area contributed by atoms with Gasteiger partial charge in [0.25, 0.3) is 0 Å². The highest BCUT2D eigenvalue weighted by molar-refractivity contribution is 8.02. The van der Waals surface area contributed by atoms with E-state index < -0.39 is 5.82 Å². The predicted octanol–water partition coefficient (Wildman–Crippen LogP) is 2.81. The van der Waals surface area contributed by atoms with Crippen molar-refractivity contribution in [3.8, 4) is 0 Å². The number of thioether (sulfide) groups is 1. The van der Waals surface area contributed by atoms with Crippen molar-refractivity contribution in [3.63, 3.8) is 0 Å². The molecule has 0 radical (unpaired) electrons. The number of anilines is 2. The van der Waals surface area contributed by atoms with Crippen LogP contribution in [0.15, 0.2) is 22.5 Å². The molecular weight excluding hydrogens is 335 g/mol. The summed E-state index contributed by atoms with van der Waals surface area (Å²) in [5.74, 6) is -0.606. The number of nitrogen functional groups attached to an aromatic ring is 1. The molecule has 21 heavy (non-hydrogen) atoms. The van der Waals surface area contributed by atoms with Crippen LogP contribution in [0.3, 0.4) is 0 Å². The van der Waals surface area contributed by atoms with Crippen molar-refractivity contribution in [1.29, 1.82) is 0 Å². The molecular formula is C12H10ClFN4OS2. The summed E-state index contributed by atoms with van der Waals surface area (Å²) in [4.78, 5) is 13.9. The maximum absolute atomic E-state index is 13.5. The van der Waals surface area contributed by atoms with Crippen molar-refractivity contribution in [2.75, 3.05) is 17.2 Å². The van der Waals surface area contributed by atoms with Gasteiger partial charge in [-0.15, -0.1) is 10.2 Å². The lowest BCUT2D eigenvalue weighted by molar-refractivity contribution is -0.116. The van der Waals surface area contributed by atoms with Crippen LogP contribution in [0.4, 0.5) is 15.2 Å². The summed E-state index contributed by atoms with van der Waals surface area (Å²) in [6, 6.07) is 4.36. The second kappa shape index (κ2) is 5.78. The van der Waals surface area contributed by atoms with Crippen LogP contribution in [-0.4, -0.2) is 27.9 Å². The number of hydrogen-bond donors (Lipinski definition) is 1. The molecule has 1 aliphatic rings. The highest BCUT2D eigenvalue weighted by Gasteiger charge is 2.34. The molecule has 0 unspecified atom stereocenters. The average Bonchev–Trinajstić information content (AvgIpc) is 3.01. The molecule has 0 spiro atoms. The van der Waals surface area contributed by atoms with Crippen molar-refractivity contribution in [2.45, 2.75) is 16.0 Å². The van der Waals surface area contributed by atoms with Crippen LogP contribution >= 0.6 is 34.7 Å². The van der Waals surface area contributed by atoms with E-state index in [2.05, 4.69) is 10.2 Å². The van der Waals surface area contributed by atoms with Crippen LogP contribution in [0, 0.1) is 5.82 Å². The largest absolute Gasteiger partial charge is 0.374 e. The number of hydrogen-bond acceptors (Lipinski definition) is 6. The summed E-state index contributed by atoms with van der Waals surface area (Å²) in [7, 11) is 0. The standard InChI is InChI=1S/C12H10ClFN4OS2/c13-7-2-1-6(5-8(7)14)18-4-3-9(10(18)19)20-12-17-16-11(15)21-12/h1-2,5,9H,3-4H2,(H2,15,16)/t9-/m0/s1. The van der Waals surface area contributed by atoms with Crippen molar-refractivity contribution in [3.05, 3.63) is 29.0 Å². The molecule has 0 bridgehead atoms. The molecule has 110 valence electrons. The summed E-state index contributed by atoms with van der Waals surface area (Å²) in [5.41, 5.74) is 6.03. The third kappa shape index (κ3) is 2.97. The third-order valence-corrected chi connectivity index (χ3v) is 5.43. The Bertz CT molecular complexity index is 696. The van der Waals surface area contributed by atoms with Crippen molar-refractivity contribution in [1.82, 2.24) is 10.2 Å². The lowest BCUT2D eigenvalue weighted by Gasteiger charge is -2.16. The van der Waals surface area contributed by atoms with Crippen molar-refractivity contribution in [2.24, 2.45) is 0 Å². The minimum absolute atomic E-state index is 0.0423. The van der Waals surface area contributed by atoms with Crippen LogP contribution in [0.5, 0.6) is 0 Å². The minimum atomic E-state index is -0.532. The number of nitrogens with two attached hydrogens (primary N) is 1. The van der Waals surface area contributed by atoms with Crippen LogP contribution in [-0.2, 0) is 4.79 Å². The van der Waals surface area contributed by atoms with Gasteiger partial charge >= 0.3 is 0 Å². The number of rotatable bonds is 3. The van der Waals surface area contributed by atoms with E-state index in [1.807, 2.05) is 0 Å². The minimum Gasteiger partial charge on any atom is -0.374 e. The van der Waals surface area contributed by atoms with Gasteiger partial charge in [0.15, 0.2) is 4.34 Å². The fraction of sp³-hybridized carbons (Fsp3) is 0.250. The SMILES string of the molecule is Nc1nnc(S[C@H]2CCN(c3ccc(Cl)c(F)c3)C2=O)s1. The lowest BCUT2D eigenvalue weighted by Crippen LogP contribution is -2.28. The van der Waals surface area contributed by atoms with Crippen LogP contribution in [0.25, 0.3) is 0 Å². The number of carbonyl (C=O) groups excluding carboxylic acids is 1. The first-order valence-corrected chi connectivity index (χ1v) is 8.14. The smallest absolute Gasteiger partial charge is 0.240 e. The zero-order chi connectivity index (χ0) is 15.0. The number of aromatic nitrogens is 2. The Balaban J connectivity index is 1.75. The average molecular weight is 345 g/mol. The predicted molar refractivity (Wildman–Crippen MR) is 82.3 cm³/mol. The topological polar surface area (TPSA) is 72.1 Å². The van der Waals surface area contributed by atoms with Crippen molar-refractivity contribution < 1.29 is 9.18 Å². The molecule has 9 heteroatoms. The van der Waals surface area contributed by atoms with Gasteiger partial charge in [-0.05, 0) is 24.6 Å². The fourth-order valence-electron chi connectivity index (χ4n) is 2.06. The Morgan fingerprint density at radius 3 is 2.95 bits per heavy atom. The Hall–Kier alpha value is -1.38. The Kier molecular flexibility index (Phi) is 4.01. The number of nitrogens with zero attached hydrogens (tertiary/aromatic N) is 3. The van der Waals surface area contributed by atoms with Gasteiger partial charge < -0.3 is 10.6 Å². The van der Waals surface area contributed by atoms with Gasteiger partial charge in [0.2, 0.25) is 11.0 Å². The fourth-order valence-corrected chi connectivity index (χ4v) is 4.10. The molecule has 0 aliphatic carbocycles. The van der Waals surface area contributed by atoms with E-state index in [-0.39, 0.29) is 16.2 Å². The summed E-state index contributed by atoms with van der Waals surface area (Å²) < 4.78 is 14.2. The van der Waals surface area contributed by atoms with E-state index in [1.54, 1.807) is 11.0 Å². The second-order valence-electron chi connectivity index (χ2n) is 4.39. The van der Waals surface area contributed by atoms with E-state index >= 15 is 0 Å². The molecule has 1 atom stereocenters. The zero-order valence-electron chi connectivity index (χ0n) is 10.6. The molecule has 1 aromatic carbocycles. The quantitative estimate of drug-likeness (QED) is 0.927. The lowest BCUT2D eigenvalue weighted by atomic mass is 10.3. The van der Waals surface area contributed by atoms with E-state index in [0.717, 1.165) is 0 Å². The third-order valence-electron chi connectivity index (χ3n) is 3.04. The number of benzene rings is 1. The first-order valence-electron chi connectivity index (χ1n) is 6.06. The first kappa shape index (κ1) is 14.6. The summed E-state index contributed by atoms with van der Waals surface area (Å²) in [6.45, 7) is 0.534. The molecule has 2 N–H and O–H groups in total. The summed E-state index contributed by atoms with van der Waals surface area (Å²) >= 11 is 8.24. The molecule has 5 nitrogen and oxygen atoms in total. The van der Waals surface area contributed by atoms with Gasteiger partial charge in [-0.1, -0.05) is 34.7 Å². The highest BCUT2D eigenvalue weighted by Crippen LogP contribution is 2.35. The van der Waals surface area contributed by atoms with Crippen LogP contribution in [0.2, 0.25) is 5.02 Å². The molecule has 2 aromatic rings. The van der Waals surface area contributed by atoms with Gasteiger partial charge in [-0.25, -0.2) is 4.39 Å². The zero-order valence-corrected chi connectivity index (χ0v) is 13.0. The molecule has 1 saturated heterocycles. The van der Waals surface area contributed by atoms with Gasteiger partial charge in [-0.2, -0.15) is 0 Å². The molecule has 1 amide bonds. The van der Waals surface area contributed by atoms with E-state index in [9.17, 15) is 9.18 Å². The summed E-state index contributed by atoms with van der Waals surface area (Å²) in [6.07, 6.45) is 0.660. The number of halogens is 2. The van der Waals surface area contributed by atoms with E-state index in [1.165, 1.54) is 35.2 Å². The van der Waals surface area contributed by atoms with Crippen LogP contribution < -0.4 is 10.6 Å². The Morgan fingerprint density at radius 2 is 2.29 bits per heavy atom. The number of amides is 1. The molecule has 1 fully saturated rings. The highest BCUT2D eigenvalue weighted by atomic mass is 35.5. The van der Waals surface area contributed by atoms with Crippen LogP contribution in [0.1, 0.15) is 6.42 Å². The maximum Gasteiger partial charge on any atom is 0.240 e. The Morgan fingerprint density at radius 1 is 1.48 bits per heavy atom. The van der Waals surface area contributed by atoms with E-state index in [0.29, 0.717) is 28.1 Å². The number of carbonyl (C=O) groups is 1. The van der Waals surface area contributed by atoms with Gasteiger partial charge in [0, 0.05) is 12.2 Å². The van der Waals surface area contributed by atoms with E-state index in [4.69, 9.17) is 17.3 Å². The second-order valence-corrected chi connectivity index (χ2v) is 7.26. The van der Waals surface area contributed by atoms with Gasteiger partial charge in [0.05, 0.1) is 10.3 Å². The van der Waals surface area contributed by atoms with Crippen molar-refractivity contribution >= 4 is 51.4 Å². The Labute approximate surface area is 133 Å². The monoisotopic (exact) mass is 344 g/mol. The molecule has 3 rings (SSSR count). The maximum atomic E-state index is 13.5. The molecule has 2 heterocycles.